The molecule has 0 radical (unpaired) electrons. The van der Waals surface area contributed by atoms with Crippen LogP contribution in [0.15, 0.2) is 60.7 Å². The Kier molecular flexibility index (Phi) is 4.93. The summed E-state index contributed by atoms with van der Waals surface area (Å²) in [6, 6.07) is 17.2. The normalized spacial score (nSPS) is 15.3. The first-order chi connectivity index (χ1) is 15.5. The van der Waals surface area contributed by atoms with Gasteiger partial charge in [0, 0.05) is 26.0 Å². The lowest BCUT2D eigenvalue weighted by Crippen LogP contribution is -2.22. The number of hydrogen-bond donors (Lipinski definition) is 1. The van der Waals surface area contributed by atoms with Crippen LogP contribution in [0.3, 0.4) is 0 Å². The molecule has 1 aliphatic carbocycles. The van der Waals surface area contributed by atoms with Crippen LogP contribution >= 0.6 is 0 Å². The van der Waals surface area contributed by atoms with Gasteiger partial charge in [0.15, 0.2) is 11.5 Å². The summed E-state index contributed by atoms with van der Waals surface area (Å²) in [6.07, 6.45) is 1.80. The summed E-state index contributed by atoms with van der Waals surface area (Å²) in [6.45, 7) is 0.197. The van der Waals surface area contributed by atoms with Gasteiger partial charge in [-0.15, -0.1) is 0 Å². The molecule has 1 N–H and O–H groups in total. The largest absolute Gasteiger partial charge is 0.454 e. The van der Waals surface area contributed by atoms with E-state index < -0.39 is 5.41 Å². The average molecular weight is 433 g/mol. The quantitative estimate of drug-likeness (QED) is 0.614. The van der Waals surface area contributed by atoms with Gasteiger partial charge in [0.2, 0.25) is 6.79 Å². The fraction of sp³-hybridized carbons (Fsp3) is 0.231. The number of benzene rings is 3. The number of amides is 1. The highest BCUT2D eigenvalue weighted by Gasteiger charge is 2.50. The van der Waals surface area contributed by atoms with Crippen molar-refractivity contribution in [2.75, 3.05) is 13.8 Å². The summed E-state index contributed by atoms with van der Waals surface area (Å²) in [4.78, 5) is 25.0. The van der Waals surface area contributed by atoms with Gasteiger partial charge in [-0.25, -0.2) is 4.39 Å². The Morgan fingerprint density at radius 2 is 1.75 bits per heavy atom. The highest BCUT2D eigenvalue weighted by Crippen LogP contribution is 2.51. The molecule has 5 nitrogen and oxygen atoms in total. The molecule has 0 aromatic heterocycles. The maximum Gasteiger partial charge on any atom is 0.251 e. The summed E-state index contributed by atoms with van der Waals surface area (Å²) < 4.78 is 25.4. The Balaban J connectivity index is 0.00000259. The van der Waals surface area contributed by atoms with Gasteiger partial charge in [-0.05, 0) is 65.9 Å². The highest BCUT2D eigenvalue weighted by atomic mass is 19.1. The van der Waals surface area contributed by atoms with Gasteiger partial charge < -0.3 is 14.8 Å². The fourth-order valence-electron chi connectivity index (χ4n) is 4.25. The highest BCUT2D eigenvalue weighted by molar-refractivity contribution is 5.95. The smallest absolute Gasteiger partial charge is 0.251 e. The summed E-state index contributed by atoms with van der Waals surface area (Å²) in [7, 11) is 1.56. The van der Waals surface area contributed by atoms with Crippen LogP contribution in [0.1, 0.15) is 35.8 Å². The lowest BCUT2D eigenvalue weighted by molar-refractivity contribution is -0.120. The van der Waals surface area contributed by atoms with Crippen LogP contribution in [0.25, 0.3) is 11.1 Å². The van der Waals surface area contributed by atoms with E-state index in [1.54, 1.807) is 43.4 Å². The first-order valence-electron chi connectivity index (χ1n) is 10.5. The molecule has 6 heteroatoms. The Morgan fingerprint density at radius 3 is 2.47 bits per heavy atom. The van der Waals surface area contributed by atoms with E-state index in [9.17, 15) is 14.0 Å². The van der Waals surface area contributed by atoms with Gasteiger partial charge >= 0.3 is 0 Å². The van der Waals surface area contributed by atoms with Crippen molar-refractivity contribution in [1.29, 1.82) is 0 Å². The molecule has 32 heavy (non-hydrogen) atoms. The van der Waals surface area contributed by atoms with Crippen molar-refractivity contribution >= 4 is 11.7 Å². The third-order valence-corrected chi connectivity index (χ3v) is 6.29. The molecular weight excluding hydrogens is 409 g/mol. The van der Waals surface area contributed by atoms with Crippen LogP contribution in [-0.4, -0.2) is 25.5 Å². The molecule has 1 amide bonds. The number of ketones is 1. The van der Waals surface area contributed by atoms with Crippen molar-refractivity contribution in [1.82, 2.24) is 5.32 Å². The van der Waals surface area contributed by atoms with E-state index in [0.717, 1.165) is 24.0 Å². The van der Waals surface area contributed by atoms with E-state index in [1.807, 2.05) is 18.2 Å². The molecule has 1 saturated carbocycles. The zero-order chi connectivity index (χ0) is 22.3. The zero-order valence-electron chi connectivity index (χ0n) is 17.6. The molecule has 1 aliphatic heterocycles. The van der Waals surface area contributed by atoms with Gasteiger partial charge in [0.05, 0.1) is 5.41 Å². The van der Waals surface area contributed by atoms with Crippen LogP contribution < -0.4 is 14.8 Å². The molecular formula is C26H24FNO4. The molecule has 0 atom stereocenters. The van der Waals surface area contributed by atoms with E-state index >= 15 is 0 Å². The molecule has 3 aromatic carbocycles. The number of halogens is 1. The van der Waals surface area contributed by atoms with Crippen LogP contribution in [0.4, 0.5) is 4.39 Å². The van der Waals surface area contributed by atoms with Crippen molar-refractivity contribution < 1.29 is 24.9 Å². The minimum absolute atomic E-state index is 0. The molecule has 164 valence electrons. The number of carbonyl (C=O) groups is 2. The van der Waals surface area contributed by atoms with Gasteiger partial charge in [-0.3, -0.25) is 9.59 Å². The predicted octanol–water partition coefficient (Wildman–Crippen LogP) is 4.67. The van der Waals surface area contributed by atoms with Crippen LogP contribution in [0, 0.1) is 5.82 Å². The third-order valence-electron chi connectivity index (χ3n) is 6.29. The number of rotatable bonds is 6. The standard InChI is InChI=1S/C26H22FNO4.H2/c1-28-25(30)18-5-3-17(4-6-18)20-12-16(2-8-21(20)27)13-24(29)26(10-11-26)19-7-9-22-23(14-19)32-15-31-22;/h2-9,12,14H,10-11,13,15H2,1H3,(H,28,30);1H. The van der Waals surface area contributed by atoms with Gasteiger partial charge in [0.25, 0.3) is 5.91 Å². The summed E-state index contributed by atoms with van der Waals surface area (Å²) in [5.41, 5.74) is 2.76. The number of ether oxygens (including phenoxy) is 2. The molecule has 0 unspecified atom stereocenters. The molecule has 3 aromatic rings. The predicted molar refractivity (Wildman–Crippen MR) is 120 cm³/mol. The summed E-state index contributed by atoms with van der Waals surface area (Å²) in [5.74, 6) is 0.915. The first-order valence-corrected chi connectivity index (χ1v) is 10.5. The molecule has 5 rings (SSSR count). The topological polar surface area (TPSA) is 64.6 Å². The monoisotopic (exact) mass is 433 g/mol. The third kappa shape index (κ3) is 3.51. The lowest BCUT2D eigenvalue weighted by Gasteiger charge is -2.16. The SMILES string of the molecule is CNC(=O)c1ccc(-c2cc(CC(=O)C3(c4ccc5c(c4)OCO5)CC3)ccc2F)cc1.[HH]. The average Bonchev–Trinajstić information content (AvgIpc) is 3.50. The van der Waals surface area contributed by atoms with Crippen LogP contribution in [0.5, 0.6) is 11.5 Å². The van der Waals surface area contributed by atoms with E-state index in [-0.39, 0.29) is 32.1 Å². The number of nitrogens with one attached hydrogen (secondary N) is 1. The molecule has 1 fully saturated rings. The number of carbonyl (C=O) groups excluding carboxylic acids is 2. The van der Waals surface area contributed by atoms with E-state index in [1.165, 1.54) is 6.07 Å². The van der Waals surface area contributed by atoms with Crippen molar-refractivity contribution in [3.63, 3.8) is 0 Å². The summed E-state index contributed by atoms with van der Waals surface area (Å²) in [5, 5.41) is 2.56. The Labute approximate surface area is 186 Å². The lowest BCUT2D eigenvalue weighted by atomic mass is 9.87. The van der Waals surface area contributed by atoms with Crippen molar-refractivity contribution in [2.45, 2.75) is 24.7 Å². The van der Waals surface area contributed by atoms with Crippen molar-refractivity contribution in [2.24, 2.45) is 0 Å². The van der Waals surface area contributed by atoms with Crippen LogP contribution in [0.2, 0.25) is 0 Å². The number of fused-ring (bicyclic) bond motifs is 1. The van der Waals surface area contributed by atoms with Crippen LogP contribution in [-0.2, 0) is 16.6 Å². The molecule has 0 spiro atoms. The Morgan fingerprint density at radius 1 is 1.00 bits per heavy atom. The fourth-order valence-corrected chi connectivity index (χ4v) is 4.25. The Hall–Kier alpha value is -3.67. The van der Waals surface area contributed by atoms with E-state index in [4.69, 9.17) is 9.47 Å². The number of hydrogen-bond acceptors (Lipinski definition) is 4. The minimum atomic E-state index is -0.509. The Bertz CT molecular complexity index is 1220. The number of Topliss-reactive ketones (excluding diaryl/α,β-unsaturated/α-hetero) is 1. The summed E-state index contributed by atoms with van der Waals surface area (Å²) >= 11 is 0. The minimum Gasteiger partial charge on any atom is -0.454 e. The second kappa shape index (κ2) is 7.79. The van der Waals surface area contributed by atoms with Gasteiger partial charge in [0.1, 0.15) is 11.6 Å². The second-order valence-electron chi connectivity index (χ2n) is 8.22. The maximum absolute atomic E-state index is 14.6. The van der Waals surface area contributed by atoms with E-state index in [2.05, 4.69) is 5.32 Å². The maximum atomic E-state index is 14.6. The van der Waals surface area contributed by atoms with Crippen molar-refractivity contribution in [3.05, 3.63) is 83.2 Å². The zero-order valence-corrected chi connectivity index (χ0v) is 17.6. The molecule has 2 aliphatic rings. The van der Waals surface area contributed by atoms with E-state index in [0.29, 0.717) is 28.2 Å². The molecule has 0 saturated heterocycles. The second-order valence-corrected chi connectivity index (χ2v) is 8.22. The molecule has 0 bridgehead atoms. The van der Waals surface area contributed by atoms with Gasteiger partial charge in [-0.2, -0.15) is 0 Å². The molecule has 1 heterocycles. The first kappa shape index (κ1) is 20.2. The van der Waals surface area contributed by atoms with Gasteiger partial charge in [-0.1, -0.05) is 24.3 Å². The van der Waals surface area contributed by atoms with Crippen molar-refractivity contribution in [3.8, 4) is 22.6 Å².